The molecule has 3 heterocycles. The van der Waals surface area contributed by atoms with Gasteiger partial charge in [0.2, 0.25) is 5.95 Å². The van der Waals surface area contributed by atoms with Gasteiger partial charge in [-0.3, -0.25) is 0 Å². The molecule has 0 saturated carbocycles. The molecule has 2 aliphatic heterocycles. The summed E-state index contributed by atoms with van der Waals surface area (Å²) in [4.78, 5) is 11.3. The average molecular weight is 429 g/mol. The lowest BCUT2D eigenvalue weighted by molar-refractivity contribution is 0.257. The smallest absolute Gasteiger partial charge is 0.225 e. The Hall–Kier alpha value is -1.99. The number of piperidine rings is 1. The Balaban J connectivity index is 1.21. The molecule has 1 saturated heterocycles. The Labute approximate surface area is 182 Å². The van der Waals surface area contributed by atoms with E-state index in [0.717, 1.165) is 76.6 Å². The molecule has 1 fully saturated rings. The highest BCUT2D eigenvalue weighted by Gasteiger charge is 2.21. The molecule has 0 aliphatic carbocycles. The van der Waals surface area contributed by atoms with Crippen LogP contribution in [0.3, 0.4) is 0 Å². The molecule has 0 amide bonds. The number of aromatic nitrogens is 2. The van der Waals surface area contributed by atoms with Crippen molar-refractivity contribution in [3.8, 4) is 5.75 Å². The van der Waals surface area contributed by atoms with Gasteiger partial charge in [-0.2, -0.15) is 0 Å². The van der Waals surface area contributed by atoms with E-state index < -0.39 is 11.0 Å². The molecule has 6 nitrogen and oxygen atoms in total. The van der Waals surface area contributed by atoms with E-state index in [9.17, 15) is 4.21 Å². The number of rotatable bonds is 7. The fourth-order valence-corrected chi connectivity index (χ4v) is 4.94. The summed E-state index contributed by atoms with van der Waals surface area (Å²) in [5.41, 5.74) is 3.78. The number of aryl methyl sites for hydroxylation is 1. The molecule has 30 heavy (non-hydrogen) atoms. The second kappa shape index (κ2) is 9.88. The number of benzene rings is 1. The summed E-state index contributed by atoms with van der Waals surface area (Å²) >= 11 is 0. The Bertz CT molecular complexity index is 866. The average Bonchev–Trinajstić information content (AvgIpc) is 2.79. The molecule has 0 radical (unpaired) electrons. The van der Waals surface area contributed by atoms with E-state index in [1.54, 1.807) is 6.26 Å². The molecular formula is C23H32N4O2S. The van der Waals surface area contributed by atoms with Crippen molar-refractivity contribution in [3.05, 3.63) is 47.3 Å². The first-order valence-corrected chi connectivity index (χ1v) is 12.5. The second-order valence-corrected chi connectivity index (χ2v) is 9.64. The van der Waals surface area contributed by atoms with Crippen molar-refractivity contribution >= 4 is 16.9 Å². The van der Waals surface area contributed by atoms with Gasteiger partial charge in [0.25, 0.3) is 0 Å². The van der Waals surface area contributed by atoms with Crippen LogP contribution in [0.25, 0.3) is 0 Å². The Morgan fingerprint density at radius 1 is 1.13 bits per heavy atom. The van der Waals surface area contributed by atoms with Gasteiger partial charge in [0.1, 0.15) is 5.75 Å². The van der Waals surface area contributed by atoms with Crippen LogP contribution in [-0.4, -0.2) is 51.0 Å². The SMILES string of the molecule is CCc1cnc(N2CCC(CCOc3ccc4c(c3)CCN(S(C)=O)C4)CC2)nc1. The van der Waals surface area contributed by atoms with E-state index >= 15 is 0 Å². The maximum absolute atomic E-state index is 11.7. The van der Waals surface area contributed by atoms with Gasteiger partial charge in [0, 0.05) is 44.8 Å². The van der Waals surface area contributed by atoms with E-state index in [0.29, 0.717) is 5.92 Å². The topological polar surface area (TPSA) is 58.6 Å². The first kappa shape index (κ1) is 21.2. The zero-order valence-corrected chi connectivity index (χ0v) is 18.9. The van der Waals surface area contributed by atoms with Crippen molar-refractivity contribution in [3.63, 3.8) is 0 Å². The molecule has 7 heteroatoms. The third-order valence-electron chi connectivity index (χ3n) is 6.31. The molecule has 4 rings (SSSR count). The van der Waals surface area contributed by atoms with Gasteiger partial charge in [0.05, 0.1) is 17.6 Å². The van der Waals surface area contributed by atoms with Crippen LogP contribution in [0.4, 0.5) is 5.95 Å². The minimum atomic E-state index is -0.898. The van der Waals surface area contributed by atoms with Crippen LogP contribution in [0.1, 0.15) is 42.9 Å². The predicted molar refractivity (Wildman–Crippen MR) is 121 cm³/mol. The van der Waals surface area contributed by atoms with Crippen molar-refractivity contribution < 1.29 is 8.95 Å². The molecule has 0 N–H and O–H groups in total. The van der Waals surface area contributed by atoms with E-state index in [-0.39, 0.29) is 0 Å². The zero-order chi connectivity index (χ0) is 20.9. The zero-order valence-electron chi connectivity index (χ0n) is 18.0. The summed E-state index contributed by atoms with van der Waals surface area (Å²) in [5.74, 6) is 2.52. The second-order valence-electron chi connectivity index (χ2n) is 8.28. The van der Waals surface area contributed by atoms with Crippen LogP contribution in [-0.2, 0) is 30.4 Å². The number of fused-ring (bicyclic) bond motifs is 1. The predicted octanol–water partition coefficient (Wildman–Crippen LogP) is 3.38. The van der Waals surface area contributed by atoms with Crippen LogP contribution < -0.4 is 9.64 Å². The summed E-state index contributed by atoms with van der Waals surface area (Å²) in [6.07, 6.45) is 11.0. The fraction of sp³-hybridized carbons (Fsp3) is 0.565. The lowest BCUT2D eigenvalue weighted by Crippen LogP contribution is -2.35. The molecule has 1 aromatic heterocycles. The molecular weight excluding hydrogens is 396 g/mol. The molecule has 0 bridgehead atoms. The molecule has 1 atom stereocenters. The Morgan fingerprint density at radius 2 is 1.90 bits per heavy atom. The summed E-state index contributed by atoms with van der Waals surface area (Å²) in [6, 6.07) is 6.36. The standard InChI is InChI=1S/C23H32N4O2S/c1-3-18-15-24-23(25-16-18)26-10-6-19(7-11-26)9-13-29-22-5-4-21-17-27(30(2)28)12-8-20(21)14-22/h4-5,14-16,19H,3,6-13,17H2,1-2H3. The largest absolute Gasteiger partial charge is 0.494 e. The summed E-state index contributed by atoms with van der Waals surface area (Å²) in [6.45, 7) is 6.54. The molecule has 1 aromatic carbocycles. The van der Waals surface area contributed by atoms with Crippen LogP contribution in [0, 0.1) is 5.92 Å². The summed E-state index contributed by atoms with van der Waals surface area (Å²) in [7, 11) is -0.898. The van der Waals surface area contributed by atoms with Gasteiger partial charge < -0.3 is 9.64 Å². The highest BCUT2D eigenvalue weighted by Crippen LogP contribution is 2.26. The third-order valence-corrected chi connectivity index (χ3v) is 7.35. The lowest BCUT2D eigenvalue weighted by atomic mass is 9.94. The van der Waals surface area contributed by atoms with Crippen LogP contribution in [0.2, 0.25) is 0 Å². The molecule has 2 aromatic rings. The van der Waals surface area contributed by atoms with Crippen LogP contribution >= 0.6 is 0 Å². The van der Waals surface area contributed by atoms with Crippen molar-refractivity contribution in [2.45, 2.75) is 45.6 Å². The fourth-order valence-electron chi connectivity index (χ4n) is 4.27. The summed E-state index contributed by atoms with van der Waals surface area (Å²) in [5, 5.41) is 0. The van der Waals surface area contributed by atoms with Gasteiger partial charge in [-0.05, 0) is 66.8 Å². The van der Waals surface area contributed by atoms with E-state index in [4.69, 9.17) is 4.74 Å². The maximum atomic E-state index is 11.7. The minimum Gasteiger partial charge on any atom is -0.494 e. The molecule has 2 aliphatic rings. The Kier molecular flexibility index (Phi) is 7.00. The van der Waals surface area contributed by atoms with Crippen LogP contribution in [0.15, 0.2) is 30.6 Å². The Morgan fingerprint density at radius 3 is 2.60 bits per heavy atom. The van der Waals surface area contributed by atoms with Crippen molar-refractivity contribution in [2.24, 2.45) is 5.92 Å². The number of hydrogen-bond acceptors (Lipinski definition) is 5. The van der Waals surface area contributed by atoms with E-state index in [2.05, 4.69) is 40.0 Å². The highest BCUT2D eigenvalue weighted by atomic mass is 32.2. The van der Waals surface area contributed by atoms with Crippen molar-refractivity contribution in [1.29, 1.82) is 0 Å². The summed E-state index contributed by atoms with van der Waals surface area (Å²) < 4.78 is 19.8. The van der Waals surface area contributed by atoms with Gasteiger partial charge in [-0.15, -0.1) is 0 Å². The lowest BCUT2D eigenvalue weighted by Gasteiger charge is -2.32. The number of ether oxygens (including phenoxy) is 1. The number of hydrogen-bond donors (Lipinski definition) is 0. The first-order valence-electron chi connectivity index (χ1n) is 11.0. The molecule has 1 unspecified atom stereocenters. The van der Waals surface area contributed by atoms with Crippen LogP contribution in [0.5, 0.6) is 5.75 Å². The van der Waals surface area contributed by atoms with Crippen molar-refractivity contribution in [2.75, 3.05) is 37.4 Å². The van der Waals surface area contributed by atoms with Gasteiger partial charge in [0.15, 0.2) is 0 Å². The minimum absolute atomic E-state index is 0.696. The third kappa shape index (κ3) is 5.19. The quantitative estimate of drug-likeness (QED) is 0.677. The highest BCUT2D eigenvalue weighted by molar-refractivity contribution is 7.81. The van der Waals surface area contributed by atoms with Gasteiger partial charge in [-0.25, -0.2) is 18.5 Å². The van der Waals surface area contributed by atoms with E-state index in [1.165, 1.54) is 16.7 Å². The van der Waals surface area contributed by atoms with Gasteiger partial charge >= 0.3 is 0 Å². The van der Waals surface area contributed by atoms with Gasteiger partial charge in [-0.1, -0.05) is 13.0 Å². The number of nitrogens with zero attached hydrogens (tertiary/aromatic N) is 4. The monoisotopic (exact) mass is 428 g/mol. The molecule has 0 spiro atoms. The maximum Gasteiger partial charge on any atom is 0.225 e. The van der Waals surface area contributed by atoms with Crippen molar-refractivity contribution in [1.82, 2.24) is 14.3 Å². The van der Waals surface area contributed by atoms with E-state index in [1.807, 2.05) is 16.7 Å². The number of anilines is 1. The molecule has 162 valence electrons. The normalized spacial score (nSPS) is 18.8. The first-order chi connectivity index (χ1) is 14.6.